The smallest absolute Gasteiger partial charge is 0.251 e. The minimum Gasteiger partial charge on any atom is -0.399 e. The van der Waals surface area contributed by atoms with Gasteiger partial charge in [-0.25, -0.2) is 0 Å². The van der Waals surface area contributed by atoms with Gasteiger partial charge in [-0.05, 0) is 35.4 Å². The molecule has 0 fully saturated rings. The number of carbonyl (C=O) groups is 2. The van der Waals surface area contributed by atoms with Crippen LogP contribution in [-0.4, -0.2) is 18.4 Å². The van der Waals surface area contributed by atoms with Gasteiger partial charge in [0.2, 0.25) is 5.91 Å². The van der Waals surface area contributed by atoms with Crippen LogP contribution in [0.3, 0.4) is 0 Å². The standard InChI is InChI=1S/C15H15N3O2/c16-13-3-1-2-12(8-13)10-4-6-11(7-5-10)15(20)18-9-14(17)19/h1-8H,9,16H2,(H2,17,19)(H,18,20). The van der Waals surface area contributed by atoms with Gasteiger partial charge in [-0.3, -0.25) is 9.59 Å². The van der Waals surface area contributed by atoms with Crippen LogP contribution in [0.4, 0.5) is 5.69 Å². The highest BCUT2D eigenvalue weighted by Gasteiger charge is 2.06. The van der Waals surface area contributed by atoms with Crippen molar-refractivity contribution in [2.24, 2.45) is 5.73 Å². The zero-order valence-corrected chi connectivity index (χ0v) is 10.8. The zero-order valence-electron chi connectivity index (χ0n) is 10.8. The van der Waals surface area contributed by atoms with Crippen LogP contribution in [0, 0.1) is 0 Å². The van der Waals surface area contributed by atoms with Crippen molar-refractivity contribution >= 4 is 17.5 Å². The summed E-state index contributed by atoms with van der Waals surface area (Å²) in [6.45, 7) is -0.171. The van der Waals surface area contributed by atoms with Gasteiger partial charge in [-0.2, -0.15) is 0 Å². The normalized spacial score (nSPS) is 10.0. The molecule has 5 nitrogen and oxygen atoms in total. The van der Waals surface area contributed by atoms with E-state index in [-0.39, 0.29) is 12.5 Å². The Kier molecular flexibility index (Phi) is 4.00. The summed E-state index contributed by atoms with van der Waals surface area (Å²) in [4.78, 5) is 22.3. The molecule has 0 saturated carbocycles. The maximum absolute atomic E-state index is 11.7. The van der Waals surface area contributed by atoms with E-state index in [9.17, 15) is 9.59 Å². The Morgan fingerprint density at radius 1 is 1.00 bits per heavy atom. The molecule has 20 heavy (non-hydrogen) atoms. The van der Waals surface area contributed by atoms with Gasteiger partial charge in [0.25, 0.3) is 5.91 Å². The second kappa shape index (κ2) is 5.88. The van der Waals surface area contributed by atoms with E-state index in [0.29, 0.717) is 11.3 Å². The van der Waals surface area contributed by atoms with E-state index < -0.39 is 5.91 Å². The second-order valence-electron chi connectivity index (χ2n) is 4.35. The van der Waals surface area contributed by atoms with Crippen molar-refractivity contribution in [1.29, 1.82) is 0 Å². The van der Waals surface area contributed by atoms with Crippen LogP contribution >= 0.6 is 0 Å². The van der Waals surface area contributed by atoms with E-state index in [1.165, 1.54) is 0 Å². The molecule has 0 radical (unpaired) electrons. The number of amides is 2. The number of carbonyl (C=O) groups excluding carboxylic acids is 2. The maximum Gasteiger partial charge on any atom is 0.251 e. The fourth-order valence-electron chi connectivity index (χ4n) is 1.80. The van der Waals surface area contributed by atoms with Crippen LogP contribution in [-0.2, 0) is 4.79 Å². The summed E-state index contributed by atoms with van der Waals surface area (Å²) in [5.41, 5.74) is 13.8. The van der Waals surface area contributed by atoms with E-state index >= 15 is 0 Å². The number of hydrogen-bond acceptors (Lipinski definition) is 3. The van der Waals surface area contributed by atoms with Crippen molar-refractivity contribution in [2.75, 3.05) is 12.3 Å². The number of benzene rings is 2. The van der Waals surface area contributed by atoms with Crippen LogP contribution in [0.1, 0.15) is 10.4 Å². The molecular formula is C15H15N3O2. The summed E-state index contributed by atoms with van der Waals surface area (Å²) in [5.74, 6) is -0.905. The lowest BCUT2D eigenvalue weighted by Crippen LogP contribution is -2.33. The summed E-state index contributed by atoms with van der Waals surface area (Å²) in [6.07, 6.45) is 0. The minimum absolute atomic E-state index is 0.171. The number of primary amides is 1. The van der Waals surface area contributed by atoms with E-state index in [4.69, 9.17) is 11.5 Å². The minimum atomic E-state index is -0.574. The highest BCUT2D eigenvalue weighted by molar-refractivity contribution is 5.96. The number of nitrogens with one attached hydrogen (secondary N) is 1. The fraction of sp³-hybridized carbons (Fsp3) is 0.0667. The third kappa shape index (κ3) is 3.35. The lowest BCUT2D eigenvalue weighted by molar-refractivity contribution is -0.117. The molecule has 0 aromatic heterocycles. The van der Waals surface area contributed by atoms with Gasteiger partial charge in [0.15, 0.2) is 0 Å². The van der Waals surface area contributed by atoms with E-state index in [2.05, 4.69) is 5.32 Å². The molecule has 102 valence electrons. The van der Waals surface area contributed by atoms with Crippen molar-refractivity contribution < 1.29 is 9.59 Å². The Hall–Kier alpha value is -2.82. The Morgan fingerprint density at radius 2 is 1.70 bits per heavy atom. The molecule has 0 aliphatic heterocycles. The number of rotatable bonds is 4. The first-order chi connectivity index (χ1) is 9.56. The first-order valence-corrected chi connectivity index (χ1v) is 6.09. The monoisotopic (exact) mass is 269 g/mol. The van der Waals surface area contributed by atoms with Gasteiger partial charge in [0.1, 0.15) is 0 Å². The average molecular weight is 269 g/mol. The van der Waals surface area contributed by atoms with Crippen LogP contribution in [0.15, 0.2) is 48.5 Å². The average Bonchev–Trinajstić information content (AvgIpc) is 2.45. The second-order valence-corrected chi connectivity index (χ2v) is 4.35. The van der Waals surface area contributed by atoms with Crippen LogP contribution < -0.4 is 16.8 Å². The van der Waals surface area contributed by atoms with E-state index in [1.807, 2.05) is 36.4 Å². The number of nitrogens with two attached hydrogens (primary N) is 2. The molecular weight excluding hydrogens is 254 g/mol. The van der Waals surface area contributed by atoms with E-state index in [0.717, 1.165) is 11.1 Å². The molecule has 5 N–H and O–H groups in total. The SMILES string of the molecule is NC(=O)CNC(=O)c1ccc(-c2cccc(N)c2)cc1. The Morgan fingerprint density at radius 3 is 2.30 bits per heavy atom. The fourth-order valence-corrected chi connectivity index (χ4v) is 1.80. The molecule has 0 saturated heterocycles. The summed E-state index contributed by atoms with van der Waals surface area (Å²) in [5, 5.41) is 2.43. The van der Waals surface area contributed by atoms with Crippen LogP contribution in [0.25, 0.3) is 11.1 Å². The quantitative estimate of drug-likeness (QED) is 0.726. The van der Waals surface area contributed by atoms with Gasteiger partial charge < -0.3 is 16.8 Å². The van der Waals surface area contributed by atoms with Gasteiger partial charge in [0.05, 0.1) is 6.54 Å². The predicted molar refractivity (Wildman–Crippen MR) is 77.8 cm³/mol. The first-order valence-electron chi connectivity index (χ1n) is 6.09. The Labute approximate surface area is 116 Å². The molecule has 2 aromatic rings. The molecule has 0 aliphatic rings. The Balaban J connectivity index is 2.14. The third-order valence-corrected chi connectivity index (χ3v) is 2.79. The zero-order chi connectivity index (χ0) is 14.5. The van der Waals surface area contributed by atoms with Crippen LogP contribution in [0.5, 0.6) is 0 Å². The van der Waals surface area contributed by atoms with Crippen molar-refractivity contribution in [1.82, 2.24) is 5.32 Å². The molecule has 2 aromatic carbocycles. The molecule has 2 amide bonds. The predicted octanol–water partition coefficient (Wildman–Crippen LogP) is 1.15. The topological polar surface area (TPSA) is 98.2 Å². The number of hydrogen-bond donors (Lipinski definition) is 3. The summed E-state index contributed by atoms with van der Waals surface area (Å²) < 4.78 is 0. The van der Waals surface area contributed by atoms with Gasteiger partial charge in [-0.1, -0.05) is 24.3 Å². The number of nitrogen functional groups attached to an aromatic ring is 1. The molecule has 0 atom stereocenters. The largest absolute Gasteiger partial charge is 0.399 e. The van der Waals surface area contributed by atoms with Crippen LogP contribution in [0.2, 0.25) is 0 Å². The molecule has 5 heteroatoms. The van der Waals surface area contributed by atoms with Gasteiger partial charge >= 0.3 is 0 Å². The molecule has 2 rings (SSSR count). The van der Waals surface area contributed by atoms with Gasteiger partial charge in [0, 0.05) is 11.3 Å². The molecule has 0 spiro atoms. The van der Waals surface area contributed by atoms with E-state index in [1.54, 1.807) is 12.1 Å². The third-order valence-electron chi connectivity index (χ3n) is 2.79. The number of anilines is 1. The van der Waals surface area contributed by atoms with Gasteiger partial charge in [-0.15, -0.1) is 0 Å². The molecule has 0 unspecified atom stereocenters. The Bertz CT molecular complexity index is 636. The van der Waals surface area contributed by atoms with Crippen molar-refractivity contribution in [2.45, 2.75) is 0 Å². The van der Waals surface area contributed by atoms with Crippen molar-refractivity contribution in [3.8, 4) is 11.1 Å². The van der Waals surface area contributed by atoms with Crippen molar-refractivity contribution in [3.63, 3.8) is 0 Å². The summed E-state index contributed by atoms with van der Waals surface area (Å²) >= 11 is 0. The lowest BCUT2D eigenvalue weighted by atomic mass is 10.0. The summed E-state index contributed by atoms with van der Waals surface area (Å²) in [6, 6.07) is 14.5. The highest BCUT2D eigenvalue weighted by atomic mass is 16.2. The molecule has 0 aliphatic carbocycles. The van der Waals surface area contributed by atoms with Crippen molar-refractivity contribution in [3.05, 3.63) is 54.1 Å². The summed E-state index contributed by atoms with van der Waals surface area (Å²) in [7, 11) is 0. The maximum atomic E-state index is 11.7. The lowest BCUT2D eigenvalue weighted by Gasteiger charge is -2.06. The highest BCUT2D eigenvalue weighted by Crippen LogP contribution is 2.21. The first kappa shape index (κ1) is 13.6. The molecule has 0 heterocycles. The molecule has 0 bridgehead atoms.